The number of aryl methyl sites for hydroxylation is 2. The monoisotopic (exact) mass is 246 g/mol. The van der Waals surface area contributed by atoms with Gasteiger partial charge >= 0.3 is 0 Å². The minimum Gasteiger partial charge on any atom is -0.497 e. The van der Waals surface area contributed by atoms with Crippen LogP contribution in [0.3, 0.4) is 0 Å². The van der Waals surface area contributed by atoms with E-state index in [1.807, 2.05) is 6.07 Å². The average Bonchev–Trinajstić information content (AvgIpc) is 2.65. The summed E-state index contributed by atoms with van der Waals surface area (Å²) in [7, 11) is 8.05. The largest absolute Gasteiger partial charge is 0.497 e. The van der Waals surface area contributed by atoms with Crippen molar-refractivity contribution >= 4 is 10.9 Å². The predicted molar refractivity (Wildman–Crippen MR) is 76.3 cm³/mol. The van der Waals surface area contributed by atoms with Crippen LogP contribution in [-0.2, 0) is 13.5 Å². The van der Waals surface area contributed by atoms with E-state index in [0.29, 0.717) is 0 Å². The molecule has 0 fully saturated rings. The SMILES string of the molecule is COc1ccc2c(c1)c(CCCN(C)C)cn2C. The fourth-order valence-corrected chi connectivity index (χ4v) is 2.36. The molecule has 3 nitrogen and oxygen atoms in total. The second kappa shape index (κ2) is 5.44. The molecule has 0 saturated heterocycles. The molecule has 0 aliphatic heterocycles. The Morgan fingerprint density at radius 2 is 2.06 bits per heavy atom. The van der Waals surface area contributed by atoms with E-state index >= 15 is 0 Å². The van der Waals surface area contributed by atoms with Gasteiger partial charge in [-0.3, -0.25) is 0 Å². The first-order valence-corrected chi connectivity index (χ1v) is 6.38. The van der Waals surface area contributed by atoms with Crippen molar-refractivity contribution in [3.8, 4) is 5.75 Å². The number of ether oxygens (including phenoxy) is 1. The molecule has 2 aromatic rings. The lowest BCUT2D eigenvalue weighted by atomic mass is 10.1. The Morgan fingerprint density at radius 1 is 1.28 bits per heavy atom. The van der Waals surface area contributed by atoms with Gasteiger partial charge in [-0.25, -0.2) is 0 Å². The third-order valence-electron chi connectivity index (χ3n) is 3.33. The van der Waals surface area contributed by atoms with Crippen molar-refractivity contribution in [2.75, 3.05) is 27.7 Å². The smallest absolute Gasteiger partial charge is 0.119 e. The molecule has 0 N–H and O–H groups in total. The van der Waals surface area contributed by atoms with Crippen LogP contribution in [0.4, 0.5) is 0 Å². The van der Waals surface area contributed by atoms with Gasteiger partial charge in [0.05, 0.1) is 7.11 Å². The molecule has 0 saturated carbocycles. The zero-order valence-electron chi connectivity index (χ0n) is 11.7. The van der Waals surface area contributed by atoms with Crippen molar-refractivity contribution in [1.29, 1.82) is 0 Å². The number of nitrogens with zero attached hydrogens (tertiary/aromatic N) is 2. The fourth-order valence-electron chi connectivity index (χ4n) is 2.36. The summed E-state index contributed by atoms with van der Waals surface area (Å²) in [5, 5.41) is 1.32. The highest BCUT2D eigenvalue weighted by molar-refractivity contribution is 5.85. The zero-order chi connectivity index (χ0) is 13.1. The molecule has 0 aliphatic carbocycles. The van der Waals surface area contributed by atoms with Gasteiger partial charge in [0.2, 0.25) is 0 Å². The highest BCUT2D eigenvalue weighted by Crippen LogP contribution is 2.26. The van der Waals surface area contributed by atoms with Gasteiger partial charge in [-0.05, 0) is 57.2 Å². The summed E-state index contributed by atoms with van der Waals surface area (Å²) < 4.78 is 7.51. The lowest BCUT2D eigenvalue weighted by Crippen LogP contribution is -2.13. The van der Waals surface area contributed by atoms with E-state index in [9.17, 15) is 0 Å². The van der Waals surface area contributed by atoms with Gasteiger partial charge < -0.3 is 14.2 Å². The van der Waals surface area contributed by atoms with Gasteiger partial charge in [-0.2, -0.15) is 0 Å². The third-order valence-corrected chi connectivity index (χ3v) is 3.33. The van der Waals surface area contributed by atoms with Crippen molar-refractivity contribution in [2.24, 2.45) is 7.05 Å². The molecule has 0 bridgehead atoms. The third kappa shape index (κ3) is 2.67. The van der Waals surface area contributed by atoms with Crippen molar-refractivity contribution < 1.29 is 4.74 Å². The molecule has 0 atom stereocenters. The Hall–Kier alpha value is -1.48. The molecular formula is C15H22N2O. The van der Waals surface area contributed by atoms with E-state index in [2.05, 4.69) is 48.9 Å². The number of fused-ring (bicyclic) bond motifs is 1. The molecule has 1 aromatic heterocycles. The number of rotatable bonds is 5. The van der Waals surface area contributed by atoms with E-state index in [-0.39, 0.29) is 0 Å². The van der Waals surface area contributed by atoms with Crippen molar-refractivity contribution in [2.45, 2.75) is 12.8 Å². The summed E-state index contributed by atoms with van der Waals surface area (Å²) in [6, 6.07) is 6.29. The minimum atomic E-state index is 0.933. The lowest BCUT2D eigenvalue weighted by molar-refractivity contribution is 0.400. The molecule has 1 aromatic carbocycles. The number of aromatic nitrogens is 1. The summed E-state index contributed by atoms with van der Waals surface area (Å²) in [4.78, 5) is 2.23. The van der Waals surface area contributed by atoms with E-state index in [0.717, 1.165) is 18.7 Å². The molecule has 3 heteroatoms. The zero-order valence-corrected chi connectivity index (χ0v) is 11.7. The molecule has 0 aliphatic rings. The van der Waals surface area contributed by atoms with Crippen LogP contribution in [0.2, 0.25) is 0 Å². The van der Waals surface area contributed by atoms with E-state index in [1.165, 1.54) is 22.9 Å². The van der Waals surface area contributed by atoms with Crippen LogP contribution in [0.25, 0.3) is 10.9 Å². The second-order valence-corrected chi connectivity index (χ2v) is 5.06. The average molecular weight is 246 g/mol. The second-order valence-electron chi connectivity index (χ2n) is 5.06. The Bertz CT molecular complexity index is 529. The minimum absolute atomic E-state index is 0.933. The topological polar surface area (TPSA) is 17.4 Å². The molecule has 2 rings (SSSR count). The van der Waals surface area contributed by atoms with Gasteiger partial charge in [0.25, 0.3) is 0 Å². The van der Waals surface area contributed by atoms with Crippen LogP contribution in [0.15, 0.2) is 24.4 Å². The number of benzene rings is 1. The summed E-state index contributed by atoms with van der Waals surface area (Å²) in [5.74, 6) is 0.933. The lowest BCUT2D eigenvalue weighted by Gasteiger charge is -2.08. The molecule has 0 radical (unpaired) electrons. The van der Waals surface area contributed by atoms with Crippen LogP contribution in [0, 0.1) is 0 Å². The maximum atomic E-state index is 5.31. The van der Waals surface area contributed by atoms with Crippen molar-refractivity contribution in [3.05, 3.63) is 30.0 Å². The number of hydrogen-bond donors (Lipinski definition) is 0. The first kappa shape index (κ1) is 13.0. The standard InChI is InChI=1S/C15H22N2O/c1-16(2)9-5-6-12-11-17(3)15-8-7-13(18-4)10-14(12)15/h7-8,10-11H,5-6,9H2,1-4H3. The quantitative estimate of drug-likeness (QED) is 0.807. The van der Waals surface area contributed by atoms with Gasteiger partial charge in [0.15, 0.2) is 0 Å². The normalized spacial score (nSPS) is 11.4. The molecule has 18 heavy (non-hydrogen) atoms. The van der Waals surface area contributed by atoms with Gasteiger partial charge in [-0.15, -0.1) is 0 Å². The first-order chi connectivity index (χ1) is 8.61. The summed E-state index contributed by atoms with van der Waals surface area (Å²) in [6.07, 6.45) is 4.53. The maximum Gasteiger partial charge on any atom is 0.119 e. The van der Waals surface area contributed by atoms with Crippen LogP contribution in [-0.4, -0.2) is 37.2 Å². The van der Waals surface area contributed by atoms with Gasteiger partial charge in [-0.1, -0.05) is 0 Å². The first-order valence-electron chi connectivity index (χ1n) is 6.38. The Morgan fingerprint density at radius 3 is 2.72 bits per heavy atom. The number of methoxy groups -OCH3 is 1. The molecule has 1 heterocycles. The Kier molecular flexibility index (Phi) is 3.92. The van der Waals surface area contributed by atoms with Gasteiger partial charge in [0, 0.05) is 24.1 Å². The van der Waals surface area contributed by atoms with Crippen LogP contribution in [0.5, 0.6) is 5.75 Å². The molecule has 0 unspecified atom stereocenters. The summed E-state index contributed by atoms with van der Waals surface area (Å²) >= 11 is 0. The highest BCUT2D eigenvalue weighted by atomic mass is 16.5. The summed E-state index contributed by atoms with van der Waals surface area (Å²) in [6.45, 7) is 1.13. The maximum absolute atomic E-state index is 5.31. The Balaban J connectivity index is 2.26. The molecule has 0 spiro atoms. The molecular weight excluding hydrogens is 224 g/mol. The Labute approximate surface area is 109 Å². The molecule has 98 valence electrons. The number of hydrogen-bond acceptors (Lipinski definition) is 2. The van der Waals surface area contributed by atoms with E-state index in [4.69, 9.17) is 4.74 Å². The highest BCUT2D eigenvalue weighted by Gasteiger charge is 2.07. The van der Waals surface area contributed by atoms with Gasteiger partial charge in [0.1, 0.15) is 5.75 Å². The summed E-state index contributed by atoms with van der Waals surface area (Å²) in [5.41, 5.74) is 2.68. The van der Waals surface area contributed by atoms with E-state index < -0.39 is 0 Å². The van der Waals surface area contributed by atoms with Crippen molar-refractivity contribution in [1.82, 2.24) is 9.47 Å². The molecule has 0 amide bonds. The van der Waals surface area contributed by atoms with E-state index in [1.54, 1.807) is 7.11 Å². The fraction of sp³-hybridized carbons (Fsp3) is 0.467. The van der Waals surface area contributed by atoms with Crippen LogP contribution < -0.4 is 4.74 Å². The predicted octanol–water partition coefficient (Wildman–Crippen LogP) is 2.68. The van der Waals surface area contributed by atoms with Crippen LogP contribution in [0.1, 0.15) is 12.0 Å². The van der Waals surface area contributed by atoms with Crippen LogP contribution >= 0.6 is 0 Å². The van der Waals surface area contributed by atoms with Crippen molar-refractivity contribution in [3.63, 3.8) is 0 Å².